The maximum atomic E-state index is 12.1. The van der Waals surface area contributed by atoms with Crippen LogP contribution in [-0.4, -0.2) is 41.9 Å². The van der Waals surface area contributed by atoms with Gasteiger partial charge in [-0.3, -0.25) is 0 Å². The summed E-state index contributed by atoms with van der Waals surface area (Å²) < 4.78 is 10.6. The van der Waals surface area contributed by atoms with Crippen LogP contribution < -0.4 is 4.74 Å². The zero-order chi connectivity index (χ0) is 17.3. The van der Waals surface area contributed by atoms with Crippen molar-refractivity contribution in [2.45, 2.75) is 44.8 Å². The Kier molecular flexibility index (Phi) is 5.11. The molecule has 1 aliphatic heterocycles. The third-order valence-corrected chi connectivity index (χ3v) is 4.24. The molecular weight excluding hydrogens is 318 g/mol. The maximum absolute atomic E-state index is 12.1. The lowest BCUT2D eigenvalue weighted by Crippen LogP contribution is -2.46. The third-order valence-electron chi connectivity index (χ3n) is 3.93. The van der Waals surface area contributed by atoms with E-state index in [1.807, 2.05) is 20.8 Å². The van der Waals surface area contributed by atoms with Crippen LogP contribution in [0, 0.1) is 0 Å². The molecule has 23 heavy (non-hydrogen) atoms. The van der Waals surface area contributed by atoms with Gasteiger partial charge in [-0.15, -0.1) is 0 Å². The number of benzene rings is 1. The SMILES string of the molecule is COc1cc(C2(O)CCN(C(=O)OC(C)(C)C)CC2)ccc1Cl. The van der Waals surface area contributed by atoms with Gasteiger partial charge in [0.05, 0.1) is 17.7 Å². The summed E-state index contributed by atoms with van der Waals surface area (Å²) in [4.78, 5) is 13.7. The highest BCUT2D eigenvalue weighted by Crippen LogP contribution is 2.37. The van der Waals surface area contributed by atoms with Crippen LogP contribution in [0.25, 0.3) is 0 Å². The highest BCUT2D eigenvalue weighted by atomic mass is 35.5. The molecule has 1 saturated heterocycles. The molecule has 0 radical (unpaired) electrons. The number of methoxy groups -OCH3 is 1. The zero-order valence-electron chi connectivity index (χ0n) is 14.1. The minimum absolute atomic E-state index is 0.340. The number of halogens is 1. The molecule has 5 nitrogen and oxygen atoms in total. The number of rotatable bonds is 2. The molecule has 1 amide bonds. The lowest BCUT2D eigenvalue weighted by atomic mass is 9.84. The second-order valence-electron chi connectivity index (χ2n) is 6.85. The number of aliphatic hydroxyl groups is 1. The van der Waals surface area contributed by atoms with E-state index in [0.717, 1.165) is 5.56 Å². The summed E-state index contributed by atoms with van der Waals surface area (Å²) in [5.74, 6) is 0.534. The van der Waals surface area contributed by atoms with Gasteiger partial charge in [0.2, 0.25) is 0 Å². The van der Waals surface area contributed by atoms with Gasteiger partial charge in [0.15, 0.2) is 0 Å². The van der Waals surface area contributed by atoms with Crippen LogP contribution >= 0.6 is 11.6 Å². The minimum Gasteiger partial charge on any atom is -0.495 e. The van der Waals surface area contributed by atoms with Crippen LogP contribution in [-0.2, 0) is 10.3 Å². The minimum atomic E-state index is -0.990. The van der Waals surface area contributed by atoms with E-state index in [9.17, 15) is 9.90 Å². The molecule has 1 heterocycles. The first kappa shape index (κ1) is 17.9. The molecule has 6 heteroatoms. The number of carbonyl (C=O) groups is 1. The number of amides is 1. The van der Waals surface area contributed by atoms with Crippen LogP contribution in [0.2, 0.25) is 5.02 Å². The first-order chi connectivity index (χ1) is 10.6. The molecule has 1 aromatic rings. The van der Waals surface area contributed by atoms with Crippen molar-refractivity contribution >= 4 is 17.7 Å². The van der Waals surface area contributed by atoms with Crippen molar-refractivity contribution in [1.82, 2.24) is 4.90 Å². The van der Waals surface area contributed by atoms with Gasteiger partial charge in [-0.05, 0) is 51.3 Å². The van der Waals surface area contributed by atoms with E-state index in [0.29, 0.717) is 36.7 Å². The van der Waals surface area contributed by atoms with E-state index in [-0.39, 0.29) is 6.09 Å². The van der Waals surface area contributed by atoms with Crippen LogP contribution in [0.3, 0.4) is 0 Å². The Morgan fingerprint density at radius 1 is 1.30 bits per heavy atom. The lowest BCUT2D eigenvalue weighted by molar-refractivity contribution is -0.0357. The Bertz CT molecular complexity index is 574. The van der Waals surface area contributed by atoms with Gasteiger partial charge in [-0.25, -0.2) is 4.79 Å². The molecule has 1 aliphatic rings. The second-order valence-corrected chi connectivity index (χ2v) is 7.26. The molecule has 0 aliphatic carbocycles. The Morgan fingerprint density at radius 3 is 2.43 bits per heavy atom. The van der Waals surface area contributed by atoms with Crippen molar-refractivity contribution in [3.63, 3.8) is 0 Å². The highest BCUT2D eigenvalue weighted by molar-refractivity contribution is 6.32. The standard InChI is InChI=1S/C17H24ClNO4/c1-16(2,3)23-15(20)19-9-7-17(21,8-10-19)12-5-6-13(18)14(11-12)22-4/h5-6,11,21H,7-10H2,1-4H3. The summed E-state index contributed by atoms with van der Waals surface area (Å²) in [7, 11) is 1.54. The number of hydrogen-bond donors (Lipinski definition) is 1. The number of hydrogen-bond acceptors (Lipinski definition) is 4. The van der Waals surface area contributed by atoms with Gasteiger partial charge in [-0.2, -0.15) is 0 Å². The van der Waals surface area contributed by atoms with E-state index in [4.69, 9.17) is 21.1 Å². The van der Waals surface area contributed by atoms with Crippen LogP contribution in [0.4, 0.5) is 4.79 Å². The van der Waals surface area contributed by atoms with Gasteiger partial charge in [0.25, 0.3) is 0 Å². The van der Waals surface area contributed by atoms with Crippen molar-refractivity contribution in [2.24, 2.45) is 0 Å². The van der Waals surface area contributed by atoms with Crippen molar-refractivity contribution in [3.8, 4) is 5.75 Å². The molecule has 0 atom stereocenters. The molecule has 1 N–H and O–H groups in total. The molecule has 128 valence electrons. The van der Waals surface area contributed by atoms with Crippen molar-refractivity contribution in [3.05, 3.63) is 28.8 Å². The Balaban J connectivity index is 2.06. The molecule has 0 spiro atoms. The third kappa shape index (κ3) is 4.30. The normalized spacial score (nSPS) is 17.7. The number of ether oxygens (including phenoxy) is 2. The van der Waals surface area contributed by atoms with Gasteiger partial charge in [0.1, 0.15) is 11.4 Å². The topological polar surface area (TPSA) is 59.0 Å². The highest BCUT2D eigenvalue weighted by Gasteiger charge is 2.37. The van der Waals surface area contributed by atoms with E-state index < -0.39 is 11.2 Å². The quantitative estimate of drug-likeness (QED) is 0.893. The molecule has 0 aromatic heterocycles. The first-order valence-corrected chi connectivity index (χ1v) is 8.07. The number of likely N-dealkylation sites (tertiary alicyclic amines) is 1. The van der Waals surface area contributed by atoms with Gasteiger partial charge >= 0.3 is 6.09 Å². The molecule has 0 saturated carbocycles. The van der Waals surface area contributed by atoms with E-state index >= 15 is 0 Å². The average molecular weight is 342 g/mol. The van der Waals surface area contributed by atoms with Crippen molar-refractivity contribution < 1.29 is 19.4 Å². The monoisotopic (exact) mass is 341 g/mol. The van der Waals surface area contributed by atoms with Crippen molar-refractivity contribution in [1.29, 1.82) is 0 Å². The number of piperidine rings is 1. The smallest absolute Gasteiger partial charge is 0.410 e. The largest absolute Gasteiger partial charge is 0.495 e. The summed E-state index contributed by atoms with van der Waals surface area (Å²) >= 11 is 6.03. The molecule has 1 fully saturated rings. The van der Waals surface area contributed by atoms with Gasteiger partial charge in [0, 0.05) is 13.1 Å². The van der Waals surface area contributed by atoms with Gasteiger partial charge in [-0.1, -0.05) is 17.7 Å². The second kappa shape index (κ2) is 6.57. The predicted octanol–water partition coefficient (Wildman–Crippen LogP) is 3.57. The average Bonchev–Trinajstić information content (AvgIpc) is 2.46. The zero-order valence-corrected chi connectivity index (χ0v) is 14.8. The summed E-state index contributed by atoms with van der Waals surface area (Å²) in [5.41, 5.74) is -0.757. The maximum Gasteiger partial charge on any atom is 0.410 e. The summed E-state index contributed by atoms with van der Waals surface area (Å²) in [6.45, 7) is 6.40. The molecule has 2 rings (SSSR count). The summed E-state index contributed by atoms with van der Waals surface area (Å²) in [6.07, 6.45) is 0.543. The number of nitrogens with zero attached hydrogens (tertiary/aromatic N) is 1. The van der Waals surface area contributed by atoms with Crippen LogP contribution in [0.15, 0.2) is 18.2 Å². The van der Waals surface area contributed by atoms with Crippen LogP contribution in [0.1, 0.15) is 39.2 Å². The fourth-order valence-electron chi connectivity index (χ4n) is 2.62. The van der Waals surface area contributed by atoms with Crippen LogP contribution in [0.5, 0.6) is 5.75 Å². The summed E-state index contributed by atoms with van der Waals surface area (Å²) in [6, 6.07) is 5.27. The lowest BCUT2D eigenvalue weighted by Gasteiger charge is -2.39. The Labute approximate surface area is 142 Å². The van der Waals surface area contributed by atoms with E-state index in [1.165, 1.54) is 0 Å². The number of carbonyl (C=O) groups excluding carboxylic acids is 1. The summed E-state index contributed by atoms with van der Waals surface area (Å²) in [5, 5.41) is 11.4. The van der Waals surface area contributed by atoms with E-state index in [2.05, 4.69) is 0 Å². The molecular formula is C17H24ClNO4. The predicted molar refractivity (Wildman–Crippen MR) is 88.9 cm³/mol. The van der Waals surface area contributed by atoms with Gasteiger partial charge < -0.3 is 19.5 Å². The van der Waals surface area contributed by atoms with E-state index in [1.54, 1.807) is 30.2 Å². The fourth-order valence-corrected chi connectivity index (χ4v) is 2.82. The van der Waals surface area contributed by atoms with Crippen molar-refractivity contribution in [2.75, 3.05) is 20.2 Å². The molecule has 0 unspecified atom stereocenters. The molecule has 0 bridgehead atoms. The Hall–Kier alpha value is -1.46. The Morgan fingerprint density at radius 2 is 1.91 bits per heavy atom. The fraction of sp³-hybridized carbons (Fsp3) is 0.588. The molecule has 1 aromatic carbocycles. The first-order valence-electron chi connectivity index (χ1n) is 7.69.